The molecule has 1 saturated heterocycles. The highest BCUT2D eigenvalue weighted by molar-refractivity contribution is 14.0. The van der Waals surface area contributed by atoms with Crippen LogP contribution in [0.25, 0.3) is 0 Å². The molecule has 0 amide bonds. The third kappa shape index (κ3) is 8.70. The maximum Gasteiger partial charge on any atom is 0.401 e. The average Bonchev–Trinajstić information content (AvgIpc) is 3.07. The molecule has 166 valence electrons. The molecule has 0 radical (unpaired) electrons. The van der Waals surface area contributed by atoms with Crippen molar-refractivity contribution in [1.29, 1.82) is 0 Å². The molecule has 0 saturated carbocycles. The van der Waals surface area contributed by atoms with Gasteiger partial charge in [-0.15, -0.1) is 24.0 Å². The van der Waals surface area contributed by atoms with Gasteiger partial charge in [0.25, 0.3) is 0 Å². The Morgan fingerprint density at radius 1 is 1.17 bits per heavy atom. The number of rotatable bonds is 7. The van der Waals surface area contributed by atoms with Crippen LogP contribution in [0.15, 0.2) is 29.3 Å². The van der Waals surface area contributed by atoms with Crippen LogP contribution in [-0.2, 0) is 11.8 Å². The monoisotopic (exact) mass is 526 g/mol. The van der Waals surface area contributed by atoms with Crippen LogP contribution < -0.4 is 10.6 Å². The Morgan fingerprint density at radius 2 is 1.83 bits per heavy atom. The molecule has 1 fully saturated rings. The maximum atomic E-state index is 12.5. The molecule has 1 aliphatic rings. The van der Waals surface area contributed by atoms with Gasteiger partial charge < -0.3 is 10.6 Å². The summed E-state index contributed by atoms with van der Waals surface area (Å²) in [7, 11) is 1.71. The van der Waals surface area contributed by atoms with Crippen LogP contribution in [0.2, 0.25) is 0 Å². The lowest BCUT2D eigenvalue weighted by atomic mass is 9.84. The summed E-state index contributed by atoms with van der Waals surface area (Å²) in [4.78, 5) is 5.73. The molecular formula is C21H34F3IN4. The van der Waals surface area contributed by atoms with Crippen LogP contribution in [0, 0.1) is 5.92 Å². The fourth-order valence-electron chi connectivity index (χ4n) is 3.54. The van der Waals surface area contributed by atoms with Gasteiger partial charge in [0.15, 0.2) is 5.96 Å². The molecule has 1 aliphatic heterocycles. The Bertz CT molecular complexity index is 644. The molecule has 0 spiro atoms. The molecule has 2 rings (SSSR count). The summed E-state index contributed by atoms with van der Waals surface area (Å²) in [6.07, 6.45) is -2.33. The first kappa shape index (κ1) is 26.0. The first-order chi connectivity index (χ1) is 13.1. The summed E-state index contributed by atoms with van der Waals surface area (Å²) < 4.78 is 37.5. The Kier molecular flexibility index (Phi) is 10.2. The Labute approximate surface area is 189 Å². The Hall–Kier alpha value is -1.03. The molecule has 0 aliphatic carbocycles. The van der Waals surface area contributed by atoms with Gasteiger partial charge in [0.05, 0.1) is 6.54 Å². The molecular weight excluding hydrogens is 492 g/mol. The number of aliphatic imine (C=N–C) groups is 1. The highest BCUT2D eigenvalue weighted by Gasteiger charge is 2.34. The van der Waals surface area contributed by atoms with E-state index in [2.05, 4.69) is 60.7 Å². The lowest BCUT2D eigenvalue weighted by Crippen LogP contribution is -2.45. The fourth-order valence-corrected chi connectivity index (χ4v) is 3.54. The van der Waals surface area contributed by atoms with E-state index in [1.165, 1.54) is 16.0 Å². The van der Waals surface area contributed by atoms with E-state index >= 15 is 0 Å². The minimum atomic E-state index is -4.12. The van der Waals surface area contributed by atoms with Crippen LogP contribution in [-0.4, -0.2) is 56.8 Å². The minimum Gasteiger partial charge on any atom is -0.356 e. The lowest BCUT2D eigenvalue weighted by Gasteiger charge is -2.27. The molecule has 0 aromatic heterocycles. The van der Waals surface area contributed by atoms with Crippen LogP contribution in [0.3, 0.4) is 0 Å². The van der Waals surface area contributed by atoms with Crippen molar-refractivity contribution in [2.75, 3.05) is 39.8 Å². The van der Waals surface area contributed by atoms with E-state index in [1.54, 1.807) is 7.05 Å². The second-order valence-corrected chi connectivity index (χ2v) is 8.25. The molecule has 1 unspecified atom stereocenters. The standard InChI is InChI=1S/C21H33F3N4.HI/c1-5-16-6-8-18(9-7-16)20(2,3)14-27-19(25-4)26-12-17-10-11-28(13-17)15-21(22,23)24;/h6-9,17H,5,10-15H2,1-4H3,(H2,25,26,27);1H. The number of likely N-dealkylation sites (tertiary alicyclic amines) is 1. The average molecular weight is 526 g/mol. The van der Waals surface area contributed by atoms with Crippen molar-refractivity contribution < 1.29 is 13.2 Å². The van der Waals surface area contributed by atoms with E-state index in [4.69, 9.17) is 0 Å². The predicted molar refractivity (Wildman–Crippen MR) is 124 cm³/mol. The van der Waals surface area contributed by atoms with Gasteiger partial charge in [-0.2, -0.15) is 13.2 Å². The quantitative estimate of drug-likeness (QED) is 0.318. The van der Waals surface area contributed by atoms with Crippen molar-refractivity contribution in [3.05, 3.63) is 35.4 Å². The molecule has 1 heterocycles. The number of alkyl halides is 3. The topological polar surface area (TPSA) is 39.7 Å². The highest BCUT2D eigenvalue weighted by atomic mass is 127. The van der Waals surface area contributed by atoms with Gasteiger partial charge in [0.2, 0.25) is 0 Å². The van der Waals surface area contributed by atoms with E-state index in [-0.39, 0.29) is 35.3 Å². The van der Waals surface area contributed by atoms with Gasteiger partial charge >= 0.3 is 6.18 Å². The molecule has 29 heavy (non-hydrogen) atoms. The number of guanidine groups is 1. The zero-order chi connectivity index (χ0) is 20.8. The molecule has 1 atom stereocenters. The molecule has 4 nitrogen and oxygen atoms in total. The van der Waals surface area contributed by atoms with Crippen molar-refractivity contribution in [3.63, 3.8) is 0 Å². The third-order valence-electron chi connectivity index (χ3n) is 5.40. The van der Waals surface area contributed by atoms with Gasteiger partial charge in [-0.25, -0.2) is 0 Å². The van der Waals surface area contributed by atoms with Gasteiger partial charge in [0.1, 0.15) is 0 Å². The SMILES string of the molecule is CCc1ccc(C(C)(C)CNC(=NC)NCC2CCN(CC(F)(F)F)C2)cc1.I. The van der Waals surface area contributed by atoms with E-state index in [1.807, 2.05) is 0 Å². The van der Waals surface area contributed by atoms with Gasteiger partial charge in [0, 0.05) is 32.1 Å². The molecule has 1 aromatic carbocycles. The summed E-state index contributed by atoms with van der Waals surface area (Å²) in [6.45, 7) is 7.99. The Morgan fingerprint density at radius 3 is 2.38 bits per heavy atom. The normalized spacial score (nSPS) is 18.4. The van der Waals surface area contributed by atoms with Gasteiger partial charge in [-0.1, -0.05) is 45.0 Å². The highest BCUT2D eigenvalue weighted by Crippen LogP contribution is 2.23. The second kappa shape index (κ2) is 11.4. The van der Waals surface area contributed by atoms with E-state index in [9.17, 15) is 13.2 Å². The van der Waals surface area contributed by atoms with Gasteiger partial charge in [-0.3, -0.25) is 9.89 Å². The summed E-state index contributed by atoms with van der Waals surface area (Å²) in [5.41, 5.74) is 2.51. The van der Waals surface area contributed by atoms with E-state index in [0.29, 0.717) is 32.1 Å². The zero-order valence-electron chi connectivity index (χ0n) is 17.8. The molecule has 1 aromatic rings. The summed E-state index contributed by atoms with van der Waals surface area (Å²) >= 11 is 0. The first-order valence-corrected chi connectivity index (χ1v) is 9.96. The number of nitrogens with one attached hydrogen (secondary N) is 2. The van der Waals surface area contributed by atoms with E-state index in [0.717, 1.165) is 12.8 Å². The second-order valence-electron chi connectivity index (χ2n) is 8.25. The Balaban J connectivity index is 0.00000420. The van der Waals surface area contributed by atoms with E-state index < -0.39 is 12.7 Å². The summed E-state index contributed by atoms with van der Waals surface area (Å²) in [5, 5.41) is 6.62. The number of benzene rings is 1. The number of hydrogen-bond acceptors (Lipinski definition) is 2. The van der Waals surface area contributed by atoms with Crippen LogP contribution in [0.4, 0.5) is 13.2 Å². The van der Waals surface area contributed by atoms with Crippen molar-refractivity contribution in [2.24, 2.45) is 10.9 Å². The third-order valence-corrected chi connectivity index (χ3v) is 5.40. The molecule has 8 heteroatoms. The maximum absolute atomic E-state index is 12.5. The first-order valence-electron chi connectivity index (χ1n) is 9.96. The number of aryl methyl sites for hydroxylation is 1. The van der Waals surface area contributed by atoms with Crippen LogP contribution in [0.5, 0.6) is 0 Å². The fraction of sp³-hybridized carbons (Fsp3) is 0.667. The van der Waals surface area contributed by atoms with Crippen molar-refractivity contribution in [1.82, 2.24) is 15.5 Å². The predicted octanol–water partition coefficient (Wildman–Crippen LogP) is 4.19. The molecule has 0 bridgehead atoms. The number of hydrogen-bond donors (Lipinski definition) is 2. The van der Waals surface area contributed by atoms with Gasteiger partial charge in [-0.05, 0) is 36.4 Å². The van der Waals surface area contributed by atoms with Crippen molar-refractivity contribution >= 4 is 29.9 Å². The van der Waals surface area contributed by atoms with Crippen LogP contribution in [0.1, 0.15) is 38.3 Å². The zero-order valence-corrected chi connectivity index (χ0v) is 20.1. The van der Waals surface area contributed by atoms with Crippen LogP contribution >= 0.6 is 24.0 Å². The summed E-state index contributed by atoms with van der Waals surface area (Å²) in [5.74, 6) is 0.892. The van der Waals surface area contributed by atoms with Crippen molar-refractivity contribution in [3.8, 4) is 0 Å². The largest absolute Gasteiger partial charge is 0.401 e. The number of nitrogens with zero attached hydrogens (tertiary/aromatic N) is 2. The molecule has 2 N–H and O–H groups in total. The summed E-state index contributed by atoms with van der Waals surface area (Å²) in [6, 6.07) is 8.67. The smallest absolute Gasteiger partial charge is 0.356 e. The van der Waals surface area contributed by atoms with Crippen molar-refractivity contribution in [2.45, 2.75) is 45.2 Å². The lowest BCUT2D eigenvalue weighted by molar-refractivity contribution is -0.143. The number of halogens is 4. The minimum absolute atomic E-state index is 0.